The van der Waals surface area contributed by atoms with Gasteiger partial charge in [0, 0.05) is 11.9 Å². The van der Waals surface area contributed by atoms with E-state index < -0.39 is 0 Å². The molecule has 1 heterocycles. The second-order valence-corrected chi connectivity index (χ2v) is 10.2. The van der Waals surface area contributed by atoms with Crippen LogP contribution in [0.2, 0.25) is 0 Å². The molecule has 3 atom stereocenters. The Hall–Kier alpha value is -1.63. The third-order valence-corrected chi connectivity index (χ3v) is 6.48. The van der Waals surface area contributed by atoms with E-state index in [1.807, 2.05) is 12.3 Å². The molecule has 0 N–H and O–H groups in total. The zero-order valence-electron chi connectivity index (χ0n) is 18.5. The van der Waals surface area contributed by atoms with Crippen molar-refractivity contribution >= 4 is 0 Å². The van der Waals surface area contributed by atoms with E-state index in [1.165, 1.54) is 24.1 Å². The van der Waals surface area contributed by atoms with E-state index in [-0.39, 0.29) is 5.41 Å². The van der Waals surface area contributed by atoms with Gasteiger partial charge >= 0.3 is 0 Å². The number of benzene rings is 1. The van der Waals surface area contributed by atoms with Gasteiger partial charge in [-0.15, -0.1) is 0 Å². The average Bonchev–Trinajstić information content (AvgIpc) is 2.61. The van der Waals surface area contributed by atoms with Crippen LogP contribution in [0, 0.1) is 22.7 Å². The van der Waals surface area contributed by atoms with Gasteiger partial charge in [-0.3, -0.25) is 4.98 Å². The maximum absolute atomic E-state index is 4.53. The number of hydrogen-bond donors (Lipinski definition) is 0. The molecular formula is C26H39N. The Balaban J connectivity index is 2.03. The summed E-state index contributed by atoms with van der Waals surface area (Å²) in [5.41, 5.74) is 3.27. The highest BCUT2D eigenvalue weighted by Gasteiger charge is 2.33. The molecule has 148 valence electrons. The number of hydrogen-bond acceptors (Lipinski definition) is 1. The molecule has 0 bridgehead atoms. The Morgan fingerprint density at radius 2 is 1.48 bits per heavy atom. The van der Waals surface area contributed by atoms with E-state index in [2.05, 4.69) is 95.9 Å². The minimum atomic E-state index is 0.268. The van der Waals surface area contributed by atoms with Crippen LogP contribution in [0.25, 0.3) is 0 Å². The van der Waals surface area contributed by atoms with Crippen LogP contribution in [0.3, 0.4) is 0 Å². The Bertz CT molecular complexity index is 666. The number of aromatic nitrogens is 1. The molecule has 0 spiro atoms. The van der Waals surface area contributed by atoms with Crippen molar-refractivity contribution in [2.24, 2.45) is 22.7 Å². The van der Waals surface area contributed by atoms with Crippen molar-refractivity contribution in [1.82, 2.24) is 4.98 Å². The monoisotopic (exact) mass is 365 g/mol. The van der Waals surface area contributed by atoms with Crippen LogP contribution >= 0.6 is 0 Å². The lowest BCUT2D eigenvalue weighted by atomic mass is 9.66. The van der Waals surface area contributed by atoms with Crippen LogP contribution in [0.1, 0.15) is 78.5 Å². The Morgan fingerprint density at radius 3 is 2.04 bits per heavy atom. The molecule has 1 aromatic carbocycles. The van der Waals surface area contributed by atoms with Crippen LogP contribution in [0.5, 0.6) is 0 Å². The van der Waals surface area contributed by atoms with Crippen LogP contribution < -0.4 is 0 Å². The second-order valence-electron chi connectivity index (χ2n) is 10.2. The normalized spacial score (nSPS) is 16.0. The molecule has 1 unspecified atom stereocenters. The molecule has 0 amide bonds. The van der Waals surface area contributed by atoms with E-state index in [9.17, 15) is 0 Å². The third-order valence-electron chi connectivity index (χ3n) is 6.48. The summed E-state index contributed by atoms with van der Waals surface area (Å²) in [6.07, 6.45) is 5.48. The van der Waals surface area contributed by atoms with Crippen molar-refractivity contribution in [3.05, 3.63) is 66.0 Å². The van der Waals surface area contributed by atoms with Crippen molar-refractivity contribution in [2.75, 3.05) is 0 Å². The minimum Gasteiger partial charge on any atom is -0.261 e. The van der Waals surface area contributed by atoms with E-state index in [4.69, 9.17) is 0 Å². The molecule has 1 aromatic heterocycles. The summed E-state index contributed by atoms with van der Waals surface area (Å²) < 4.78 is 0. The zero-order valence-corrected chi connectivity index (χ0v) is 18.5. The summed E-state index contributed by atoms with van der Waals surface area (Å²) in [6, 6.07) is 17.3. The predicted molar refractivity (Wildman–Crippen MR) is 118 cm³/mol. The fourth-order valence-corrected chi connectivity index (χ4v) is 4.46. The highest BCUT2D eigenvalue weighted by atomic mass is 14.7. The minimum absolute atomic E-state index is 0.268. The molecule has 2 rings (SSSR count). The highest BCUT2D eigenvalue weighted by molar-refractivity contribution is 5.22. The van der Waals surface area contributed by atoms with Crippen molar-refractivity contribution in [3.63, 3.8) is 0 Å². The molecule has 27 heavy (non-hydrogen) atoms. The quantitative estimate of drug-likeness (QED) is 0.471. The van der Waals surface area contributed by atoms with Gasteiger partial charge in [-0.25, -0.2) is 0 Å². The van der Waals surface area contributed by atoms with Crippen molar-refractivity contribution in [2.45, 2.75) is 73.6 Å². The van der Waals surface area contributed by atoms with Gasteiger partial charge < -0.3 is 0 Å². The van der Waals surface area contributed by atoms with E-state index >= 15 is 0 Å². The first-order chi connectivity index (χ1) is 12.6. The van der Waals surface area contributed by atoms with Gasteiger partial charge in [-0.1, -0.05) is 84.9 Å². The number of nitrogens with zero attached hydrogens (tertiary/aromatic N) is 1. The first-order valence-corrected chi connectivity index (χ1v) is 10.6. The van der Waals surface area contributed by atoms with E-state index in [0.717, 1.165) is 6.42 Å². The summed E-state index contributed by atoms with van der Waals surface area (Å²) in [7, 11) is 0. The van der Waals surface area contributed by atoms with Crippen molar-refractivity contribution in [1.29, 1.82) is 0 Å². The molecule has 0 aliphatic carbocycles. The molecular weight excluding hydrogens is 326 g/mol. The number of pyridine rings is 1. The summed E-state index contributed by atoms with van der Waals surface area (Å²) in [5.74, 6) is 1.86. The second kappa shape index (κ2) is 9.04. The smallest absolute Gasteiger partial charge is 0.0406 e. The zero-order chi connectivity index (χ0) is 20.1. The fourth-order valence-electron chi connectivity index (χ4n) is 4.46. The fraction of sp³-hybridized carbons (Fsp3) is 0.577. The average molecular weight is 366 g/mol. The summed E-state index contributed by atoms with van der Waals surface area (Å²) in [5, 5.41) is 0. The first kappa shape index (κ1) is 21.7. The molecule has 0 aliphatic heterocycles. The molecule has 1 heteroatoms. The van der Waals surface area contributed by atoms with E-state index in [0.29, 0.717) is 23.2 Å². The summed E-state index contributed by atoms with van der Waals surface area (Å²) in [6.45, 7) is 16.9. The lowest BCUT2D eigenvalue weighted by Crippen LogP contribution is -2.28. The molecule has 0 fully saturated rings. The van der Waals surface area contributed by atoms with E-state index in [1.54, 1.807) is 0 Å². The van der Waals surface area contributed by atoms with Crippen molar-refractivity contribution < 1.29 is 0 Å². The molecule has 0 radical (unpaired) electrons. The Labute approximate surface area is 167 Å². The van der Waals surface area contributed by atoms with Crippen LogP contribution in [0.4, 0.5) is 0 Å². The van der Waals surface area contributed by atoms with Crippen LogP contribution in [0.15, 0.2) is 54.7 Å². The molecule has 0 aliphatic rings. The Kier molecular flexibility index (Phi) is 7.25. The van der Waals surface area contributed by atoms with Gasteiger partial charge in [0.25, 0.3) is 0 Å². The first-order valence-electron chi connectivity index (χ1n) is 10.6. The molecule has 2 aromatic rings. The molecule has 0 saturated heterocycles. The lowest BCUT2D eigenvalue weighted by molar-refractivity contribution is 0.167. The molecule has 1 nitrogen and oxygen atoms in total. The lowest BCUT2D eigenvalue weighted by Gasteiger charge is -2.39. The standard InChI is InChI=1S/C26H39N/c1-20(24(25(3,4)5)22-13-9-8-10-14-22)16-17-26(6,7)21(2)19-23-15-11-12-18-27-23/h8-15,18,20-21,24H,16-17,19H2,1-7H3/t20?,21-,24-/m1/s1. The maximum Gasteiger partial charge on any atom is 0.0406 e. The van der Waals surface area contributed by atoms with Gasteiger partial charge in [0.2, 0.25) is 0 Å². The SMILES string of the molecule is CC(CCC(C)(C)[C@H](C)Cc1ccccn1)[C@H](c1ccccc1)C(C)(C)C. The van der Waals surface area contributed by atoms with Gasteiger partial charge in [-0.05, 0) is 65.5 Å². The highest BCUT2D eigenvalue weighted by Crippen LogP contribution is 2.44. The Morgan fingerprint density at radius 1 is 0.852 bits per heavy atom. The largest absolute Gasteiger partial charge is 0.261 e. The van der Waals surface area contributed by atoms with Gasteiger partial charge in [-0.2, -0.15) is 0 Å². The predicted octanol–water partition coefficient (Wildman–Crippen LogP) is 7.53. The number of rotatable bonds is 8. The summed E-state index contributed by atoms with van der Waals surface area (Å²) >= 11 is 0. The topological polar surface area (TPSA) is 12.9 Å². The van der Waals surface area contributed by atoms with Gasteiger partial charge in [0.05, 0.1) is 0 Å². The third kappa shape index (κ3) is 6.19. The van der Waals surface area contributed by atoms with Gasteiger partial charge in [0.15, 0.2) is 0 Å². The maximum atomic E-state index is 4.53. The van der Waals surface area contributed by atoms with Crippen LogP contribution in [-0.2, 0) is 6.42 Å². The van der Waals surface area contributed by atoms with Crippen molar-refractivity contribution in [3.8, 4) is 0 Å². The van der Waals surface area contributed by atoms with Gasteiger partial charge in [0.1, 0.15) is 0 Å². The van der Waals surface area contributed by atoms with Crippen LogP contribution in [-0.4, -0.2) is 4.98 Å². The summed E-state index contributed by atoms with van der Waals surface area (Å²) in [4.78, 5) is 4.53. The molecule has 0 saturated carbocycles.